The number of benzene rings is 1. The summed E-state index contributed by atoms with van der Waals surface area (Å²) in [6.07, 6.45) is 0.846. The summed E-state index contributed by atoms with van der Waals surface area (Å²) < 4.78 is 26.9. The van der Waals surface area contributed by atoms with Gasteiger partial charge in [-0.05, 0) is 29.9 Å². The molecule has 2 N–H and O–H groups in total. The van der Waals surface area contributed by atoms with Crippen molar-refractivity contribution in [2.24, 2.45) is 5.73 Å². The number of nitrogens with zero attached hydrogens (tertiary/aromatic N) is 1. The zero-order chi connectivity index (χ0) is 14.8. The molecule has 0 saturated carbocycles. The topological polar surface area (TPSA) is 63.4 Å². The smallest absolute Gasteiger partial charge is 0.244 e. The maximum absolute atomic E-state index is 12.7. The molecule has 1 aromatic carbocycles. The van der Waals surface area contributed by atoms with Crippen molar-refractivity contribution in [2.75, 3.05) is 24.6 Å². The van der Waals surface area contributed by atoms with Gasteiger partial charge in [0.05, 0.1) is 5.02 Å². The SMILES string of the molecule is NCc1cc(S(=O)(=O)N2CCCSCC2)c(Cl)cc1Cl. The number of halogens is 2. The number of rotatable bonds is 3. The number of nitrogens with two attached hydrogens (primary N) is 1. The van der Waals surface area contributed by atoms with Crippen LogP contribution in [0.2, 0.25) is 10.0 Å². The minimum Gasteiger partial charge on any atom is -0.326 e. The molecule has 0 bridgehead atoms. The van der Waals surface area contributed by atoms with Crippen molar-refractivity contribution in [3.8, 4) is 0 Å². The Morgan fingerprint density at radius 3 is 2.65 bits per heavy atom. The highest BCUT2D eigenvalue weighted by molar-refractivity contribution is 7.99. The summed E-state index contributed by atoms with van der Waals surface area (Å²) in [6.45, 7) is 1.20. The van der Waals surface area contributed by atoms with Crippen LogP contribution in [0.25, 0.3) is 0 Å². The third-order valence-corrected chi connectivity index (χ3v) is 6.88. The largest absolute Gasteiger partial charge is 0.326 e. The quantitative estimate of drug-likeness (QED) is 0.905. The highest BCUT2D eigenvalue weighted by Crippen LogP contribution is 2.31. The van der Waals surface area contributed by atoms with Gasteiger partial charge in [0.2, 0.25) is 10.0 Å². The molecule has 0 radical (unpaired) electrons. The maximum atomic E-state index is 12.7. The van der Waals surface area contributed by atoms with Crippen LogP contribution < -0.4 is 5.73 Å². The number of hydrogen-bond acceptors (Lipinski definition) is 4. The van der Waals surface area contributed by atoms with E-state index in [1.54, 1.807) is 11.8 Å². The highest BCUT2D eigenvalue weighted by Gasteiger charge is 2.28. The predicted octanol–water partition coefficient (Wildman–Crippen LogP) is 2.58. The van der Waals surface area contributed by atoms with Gasteiger partial charge in [-0.1, -0.05) is 23.2 Å². The minimum atomic E-state index is -3.59. The van der Waals surface area contributed by atoms with Gasteiger partial charge < -0.3 is 5.73 Å². The van der Waals surface area contributed by atoms with Crippen LogP contribution in [0.3, 0.4) is 0 Å². The lowest BCUT2D eigenvalue weighted by molar-refractivity contribution is 0.435. The second-order valence-corrected chi connectivity index (χ2v) is 8.39. The van der Waals surface area contributed by atoms with Crippen molar-refractivity contribution in [2.45, 2.75) is 17.9 Å². The third-order valence-electron chi connectivity index (χ3n) is 3.12. The van der Waals surface area contributed by atoms with E-state index in [1.165, 1.54) is 16.4 Å². The van der Waals surface area contributed by atoms with E-state index in [2.05, 4.69) is 0 Å². The molecule has 112 valence electrons. The molecular weight excluding hydrogens is 339 g/mol. The van der Waals surface area contributed by atoms with Gasteiger partial charge in [0.25, 0.3) is 0 Å². The Morgan fingerprint density at radius 1 is 1.20 bits per heavy atom. The van der Waals surface area contributed by atoms with E-state index >= 15 is 0 Å². The normalized spacial score (nSPS) is 17.9. The average molecular weight is 355 g/mol. The number of sulfonamides is 1. The summed E-state index contributed by atoms with van der Waals surface area (Å²) in [5, 5.41) is 0.534. The molecule has 0 unspecified atom stereocenters. The molecule has 0 amide bonds. The van der Waals surface area contributed by atoms with Crippen molar-refractivity contribution in [1.29, 1.82) is 0 Å². The fourth-order valence-electron chi connectivity index (χ4n) is 2.03. The molecule has 4 nitrogen and oxygen atoms in total. The van der Waals surface area contributed by atoms with Gasteiger partial charge in [0.15, 0.2) is 0 Å². The van der Waals surface area contributed by atoms with Crippen molar-refractivity contribution in [1.82, 2.24) is 4.31 Å². The first-order chi connectivity index (χ1) is 9.46. The van der Waals surface area contributed by atoms with Crippen LogP contribution in [0.15, 0.2) is 17.0 Å². The standard InChI is InChI=1S/C12H16Cl2N2O2S2/c13-10-7-11(14)12(6-9(10)8-15)20(17,18)16-2-1-4-19-5-3-16/h6-7H,1-5,8,15H2. The molecule has 8 heteroatoms. The summed E-state index contributed by atoms with van der Waals surface area (Å²) in [5.41, 5.74) is 6.16. The molecule has 1 fully saturated rings. The van der Waals surface area contributed by atoms with Gasteiger partial charge in [-0.15, -0.1) is 0 Å². The molecule has 0 spiro atoms. The van der Waals surface area contributed by atoms with Crippen LogP contribution in [0.4, 0.5) is 0 Å². The maximum Gasteiger partial charge on any atom is 0.244 e. The van der Waals surface area contributed by atoms with Crippen molar-refractivity contribution in [3.05, 3.63) is 27.7 Å². The molecule has 1 aliphatic heterocycles. The second-order valence-electron chi connectivity index (χ2n) is 4.45. The second kappa shape index (κ2) is 6.85. The van der Waals surface area contributed by atoms with E-state index in [0.717, 1.165) is 17.9 Å². The summed E-state index contributed by atoms with van der Waals surface area (Å²) in [7, 11) is -3.59. The first kappa shape index (κ1) is 16.4. The van der Waals surface area contributed by atoms with Crippen molar-refractivity contribution >= 4 is 45.0 Å². The van der Waals surface area contributed by atoms with E-state index in [1.807, 2.05) is 0 Å². The molecule has 0 aromatic heterocycles. The van der Waals surface area contributed by atoms with Crippen LogP contribution in [0, 0.1) is 0 Å². The van der Waals surface area contributed by atoms with Gasteiger partial charge in [-0.25, -0.2) is 8.42 Å². The van der Waals surface area contributed by atoms with Crippen molar-refractivity contribution in [3.63, 3.8) is 0 Å². The predicted molar refractivity (Wildman–Crippen MR) is 85.1 cm³/mol. The van der Waals surface area contributed by atoms with Crippen LogP contribution in [0.5, 0.6) is 0 Å². The fraction of sp³-hybridized carbons (Fsp3) is 0.500. The van der Waals surface area contributed by atoms with Crippen molar-refractivity contribution < 1.29 is 8.42 Å². The summed E-state index contributed by atoms with van der Waals surface area (Å²) >= 11 is 13.8. The molecular formula is C12H16Cl2N2O2S2. The van der Waals surface area contributed by atoms with E-state index in [4.69, 9.17) is 28.9 Å². The van der Waals surface area contributed by atoms with E-state index in [0.29, 0.717) is 23.7 Å². The monoisotopic (exact) mass is 354 g/mol. The van der Waals surface area contributed by atoms with Crippen LogP contribution in [-0.4, -0.2) is 37.3 Å². The van der Waals surface area contributed by atoms with E-state index in [9.17, 15) is 8.42 Å². The van der Waals surface area contributed by atoms with Gasteiger partial charge >= 0.3 is 0 Å². The number of hydrogen-bond donors (Lipinski definition) is 1. The Hall–Kier alpha value is 0.0200. The Morgan fingerprint density at radius 2 is 1.95 bits per heavy atom. The lowest BCUT2D eigenvalue weighted by Crippen LogP contribution is -2.33. The summed E-state index contributed by atoms with van der Waals surface area (Å²) in [6, 6.07) is 2.93. The first-order valence-electron chi connectivity index (χ1n) is 6.22. The summed E-state index contributed by atoms with van der Waals surface area (Å²) in [4.78, 5) is 0.0934. The lowest BCUT2D eigenvalue weighted by Gasteiger charge is -2.21. The Labute approximate surface area is 133 Å². The molecule has 0 atom stereocenters. The van der Waals surface area contributed by atoms with E-state index < -0.39 is 10.0 Å². The average Bonchev–Trinajstić information content (AvgIpc) is 2.67. The first-order valence-corrected chi connectivity index (χ1v) is 9.57. The minimum absolute atomic E-state index is 0.0934. The molecule has 1 heterocycles. The Balaban J connectivity index is 2.42. The summed E-state index contributed by atoms with van der Waals surface area (Å²) in [5.74, 6) is 1.78. The van der Waals surface area contributed by atoms with Gasteiger partial charge in [-0.3, -0.25) is 0 Å². The zero-order valence-electron chi connectivity index (χ0n) is 10.8. The van der Waals surface area contributed by atoms with Crippen LogP contribution in [-0.2, 0) is 16.6 Å². The van der Waals surface area contributed by atoms with Gasteiger partial charge in [0.1, 0.15) is 4.90 Å². The van der Waals surface area contributed by atoms with Gasteiger partial charge in [-0.2, -0.15) is 16.1 Å². The van der Waals surface area contributed by atoms with E-state index in [-0.39, 0.29) is 16.5 Å². The highest BCUT2D eigenvalue weighted by atomic mass is 35.5. The molecule has 2 rings (SSSR count). The molecule has 1 aliphatic rings. The zero-order valence-corrected chi connectivity index (χ0v) is 14.0. The van der Waals surface area contributed by atoms with Crippen LogP contribution >= 0.6 is 35.0 Å². The lowest BCUT2D eigenvalue weighted by atomic mass is 10.2. The number of thioether (sulfide) groups is 1. The molecule has 1 aromatic rings. The molecule has 1 saturated heterocycles. The Bertz CT molecular complexity index is 585. The Kier molecular flexibility index (Phi) is 5.62. The molecule has 0 aliphatic carbocycles. The fourth-order valence-corrected chi connectivity index (χ4v) is 5.36. The van der Waals surface area contributed by atoms with Crippen LogP contribution in [0.1, 0.15) is 12.0 Å². The van der Waals surface area contributed by atoms with Gasteiger partial charge in [0, 0.05) is 30.4 Å². The molecule has 20 heavy (non-hydrogen) atoms. The third kappa shape index (κ3) is 3.43.